The van der Waals surface area contributed by atoms with Gasteiger partial charge >= 0.3 is 0 Å². The van der Waals surface area contributed by atoms with Gasteiger partial charge in [0.15, 0.2) is 0 Å². The topological polar surface area (TPSA) is 79.9 Å². The number of carbonyl (C=O) groups is 1. The molecule has 2 heterocycles. The van der Waals surface area contributed by atoms with Crippen LogP contribution in [0, 0.1) is 0 Å². The summed E-state index contributed by atoms with van der Waals surface area (Å²) in [4.78, 5) is 12.3. The lowest BCUT2D eigenvalue weighted by atomic mass is 10.0. The van der Waals surface area contributed by atoms with E-state index < -0.39 is 0 Å². The number of carbonyl (C=O) groups excluding carboxylic acids is 1. The molecular formula is C17H21ClN4O2. The summed E-state index contributed by atoms with van der Waals surface area (Å²) in [6, 6.07) is 5.65. The molecule has 1 aliphatic heterocycles. The summed E-state index contributed by atoms with van der Waals surface area (Å²) in [6.45, 7) is 0.626. The third kappa shape index (κ3) is 4.26. The first-order chi connectivity index (χ1) is 11.7. The van der Waals surface area contributed by atoms with Crippen LogP contribution in [0.25, 0.3) is 0 Å². The molecule has 0 unspecified atom stereocenters. The Morgan fingerprint density at radius 1 is 1.42 bits per heavy atom. The lowest BCUT2D eigenvalue weighted by Crippen LogP contribution is -2.28. The fourth-order valence-electron chi connectivity index (χ4n) is 2.92. The predicted octanol–water partition coefficient (Wildman–Crippen LogP) is 3.20. The van der Waals surface area contributed by atoms with Crippen molar-refractivity contribution < 1.29 is 9.53 Å². The number of ether oxygens (including phenoxy) is 1. The highest BCUT2D eigenvalue weighted by Gasteiger charge is 2.22. The zero-order valence-electron chi connectivity index (χ0n) is 13.4. The zero-order valence-corrected chi connectivity index (χ0v) is 14.2. The maximum Gasteiger partial charge on any atom is 0.220 e. The van der Waals surface area contributed by atoms with Crippen molar-refractivity contribution in [2.24, 2.45) is 0 Å². The van der Waals surface area contributed by atoms with Crippen molar-refractivity contribution in [3.8, 4) is 5.75 Å². The van der Waals surface area contributed by atoms with Crippen LogP contribution in [-0.4, -0.2) is 27.9 Å². The number of unbranched alkanes of at least 4 members (excludes halogenated alkanes) is 1. The van der Waals surface area contributed by atoms with Crippen LogP contribution in [0.15, 0.2) is 24.4 Å². The van der Waals surface area contributed by atoms with E-state index >= 15 is 0 Å². The Bertz CT molecular complexity index is 675. The van der Waals surface area contributed by atoms with Crippen molar-refractivity contribution in [3.63, 3.8) is 0 Å². The maximum atomic E-state index is 12.3. The van der Waals surface area contributed by atoms with Gasteiger partial charge in [0.2, 0.25) is 5.91 Å². The van der Waals surface area contributed by atoms with Crippen LogP contribution in [0.5, 0.6) is 5.75 Å². The molecule has 6 nitrogen and oxygen atoms in total. The molecular weight excluding hydrogens is 328 g/mol. The number of nitrogens with zero attached hydrogens (tertiary/aromatic N) is 2. The van der Waals surface area contributed by atoms with Crippen LogP contribution in [0.3, 0.4) is 0 Å². The van der Waals surface area contributed by atoms with Crippen LogP contribution in [0.1, 0.15) is 49.4 Å². The van der Waals surface area contributed by atoms with Gasteiger partial charge in [-0.2, -0.15) is 15.4 Å². The summed E-state index contributed by atoms with van der Waals surface area (Å²) in [6.07, 6.45) is 6.54. The summed E-state index contributed by atoms with van der Waals surface area (Å²) in [5, 5.41) is 14.1. The van der Waals surface area contributed by atoms with E-state index in [1.165, 1.54) is 0 Å². The molecule has 1 aliphatic rings. The highest BCUT2D eigenvalue weighted by molar-refractivity contribution is 6.32. The number of aromatic amines is 1. The van der Waals surface area contributed by atoms with E-state index in [0.29, 0.717) is 23.8 Å². The van der Waals surface area contributed by atoms with Gasteiger partial charge in [-0.1, -0.05) is 23.7 Å². The molecule has 0 aliphatic carbocycles. The summed E-state index contributed by atoms with van der Waals surface area (Å²) in [5.74, 6) is 0.765. The number of benzene rings is 1. The van der Waals surface area contributed by atoms with E-state index in [-0.39, 0.29) is 11.9 Å². The molecule has 2 N–H and O–H groups in total. The van der Waals surface area contributed by atoms with Gasteiger partial charge in [0.1, 0.15) is 5.75 Å². The van der Waals surface area contributed by atoms with Crippen LogP contribution in [-0.2, 0) is 11.2 Å². The minimum Gasteiger partial charge on any atom is -0.492 e. The molecule has 0 spiro atoms. The highest BCUT2D eigenvalue weighted by atomic mass is 35.5. The van der Waals surface area contributed by atoms with E-state index in [0.717, 1.165) is 43.4 Å². The van der Waals surface area contributed by atoms with Crippen LogP contribution in [0.4, 0.5) is 0 Å². The third-order valence-electron chi connectivity index (χ3n) is 4.14. The fourth-order valence-corrected chi connectivity index (χ4v) is 3.16. The molecule has 0 fully saturated rings. The van der Waals surface area contributed by atoms with Crippen molar-refractivity contribution >= 4 is 17.5 Å². The molecule has 1 aromatic carbocycles. The number of hydrogen-bond donors (Lipinski definition) is 2. The average Bonchev–Trinajstić information content (AvgIpc) is 3.01. The number of rotatable bonds is 6. The average molecular weight is 349 g/mol. The number of nitrogens with one attached hydrogen (secondary N) is 2. The number of para-hydroxylation sites is 1. The van der Waals surface area contributed by atoms with E-state index in [4.69, 9.17) is 16.3 Å². The molecule has 0 radical (unpaired) electrons. The van der Waals surface area contributed by atoms with Crippen molar-refractivity contribution in [1.29, 1.82) is 0 Å². The number of halogens is 1. The standard InChI is InChI=1S/C17H21ClN4O2/c18-14-7-3-6-13-15(8-4-10-24-17(13)14)20-16(23)9-2-1-5-12-11-19-22-21-12/h3,6-7,11,15H,1-2,4-5,8-10H2,(H,20,23)(H,19,21,22)/t15-/m0/s1. The number of aryl methyl sites for hydroxylation is 1. The van der Waals surface area contributed by atoms with Crippen LogP contribution < -0.4 is 10.1 Å². The lowest BCUT2D eigenvalue weighted by Gasteiger charge is -2.19. The molecule has 3 rings (SSSR count). The summed E-state index contributed by atoms with van der Waals surface area (Å²) < 4.78 is 5.73. The van der Waals surface area contributed by atoms with E-state index in [9.17, 15) is 4.79 Å². The zero-order chi connectivity index (χ0) is 16.8. The smallest absolute Gasteiger partial charge is 0.220 e. The largest absolute Gasteiger partial charge is 0.492 e. The molecule has 128 valence electrons. The van der Waals surface area contributed by atoms with Gasteiger partial charge in [-0.3, -0.25) is 4.79 Å². The van der Waals surface area contributed by atoms with Crippen LogP contribution in [0.2, 0.25) is 5.02 Å². The molecule has 0 saturated heterocycles. The SMILES string of the molecule is O=C(CCCCc1cn[nH]n1)N[C@H]1CCCOc2c(Cl)cccc21. The molecule has 0 saturated carbocycles. The highest BCUT2D eigenvalue weighted by Crippen LogP contribution is 2.36. The Labute approximate surface area is 145 Å². The number of amides is 1. The maximum absolute atomic E-state index is 12.3. The van der Waals surface area contributed by atoms with E-state index in [1.807, 2.05) is 18.2 Å². The van der Waals surface area contributed by atoms with Gasteiger partial charge in [0, 0.05) is 12.0 Å². The van der Waals surface area contributed by atoms with E-state index in [2.05, 4.69) is 20.7 Å². The number of aromatic nitrogens is 3. The molecule has 7 heteroatoms. The van der Waals surface area contributed by atoms with Gasteiger partial charge < -0.3 is 10.1 Å². The fraction of sp³-hybridized carbons (Fsp3) is 0.471. The molecule has 1 atom stereocenters. The van der Waals surface area contributed by atoms with Crippen molar-refractivity contribution in [2.75, 3.05) is 6.61 Å². The minimum absolute atomic E-state index is 0.0377. The van der Waals surface area contributed by atoms with Gasteiger partial charge in [0.05, 0.1) is 29.6 Å². The Balaban J connectivity index is 1.51. The van der Waals surface area contributed by atoms with Gasteiger partial charge in [0.25, 0.3) is 0 Å². The molecule has 0 bridgehead atoms. The second-order valence-electron chi connectivity index (χ2n) is 5.94. The van der Waals surface area contributed by atoms with Crippen molar-refractivity contribution in [2.45, 2.75) is 44.6 Å². The summed E-state index contributed by atoms with van der Waals surface area (Å²) in [7, 11) is 0. The molecule has 24 heavy (non-hydrogen) atoms. The van der Waals surface area contributed by atoms with Gasteiger partial charge in [-0.05, 0) is 38.2 Å². The second-order valence-corrected chi connectivity index (χ2v) is 6.34. The minimum atomic E-state index is -0.0377. The summed E-state index contributed by atoms with van der Waals surface area (Å²) >= 11 is 6.22. The Kier molecular flexibility index (Phi) is 5.69. The van der Waals surface area contributed by atoms with Gasteiger partial charge in [-0.25, -0.2) is 0 Å². The lowest BCUT2D eigenvalue weighted by molar-refractivity contribution is -0.122. The van der Waals surface area contributed by atoms with Crippen molar-refractivity contribution in [1.82, 2.24) is 20.7 Å². The molecule has 1 amide bonds. The van der Waals surface area contributed by atoms with Crippen LogP contribution >= 0.6 is 11.6 Å². The first-order valence-electron chi connectivity index (χ1n) is 8.29. The Morgan fingerprint density at radius 3 is 3.17 bits per heavy atom. The van der Waals surface area contributed by atoms with Gasteiger partial charge in [-0.15, -0.1) is 0 Å². The number of fused-ring (bicyclic) bond motifs is 1. The second kappa shape index (κ2) is 8.15. The Hall–Kier alpha value is -2.08. The molecule has 2 aromatic rings. The monoisotopic (exact) mass is 348 g/mol. The normalized spacial score (nSPS) is 16.8. The first-order valence-corrected chi connectivity index (χ1v) is 8.67. The number of hydrogen-bond acceptors (Lipinski definition) is 4. The predicted molar refractivity (Wildman–Crippen MR) is 91.0 cm³/mol. The summed E-state index contributed by atoms with van der Waals surface area (Å²) in [5.41, 5.74) is 1.90. The first kappa shape index (κ1) is 16.8. The Morgan fingerprint density at radius 2 is 2.33 bits per heavy atom. The third-order valence-corrected chi connectivity index (χ3v) is 4.44. The quantitative estimate of drug-likeness (QED) is 0.785. The van der Waals surface area contributed by atoms with Crippen molar-refractivity contribution in [3.05, 3.63) is 40.7 Å². The number of H-pyrrole nitrogens is 1. The van der Waals surface area contributed by atoms with E-state index in [1.54, 1.807) is 6.20 Å². The molecule has 1 aromatic heterocycles.